The molecule has 0 atom stereocenters. The Morgan fingerprint density at radius 3 is 2.03 bits per heavy atom. The van der Waals surface area contributed by atoms with E-state index in [1.807, 2.05) is 11.9 Å². The minimum Gasteiger partial charge on any atom is -0.450 e. The second-order valence-corrected chi connectivity index (χ2v) is 10.1. The molecule has 0 saturated heterocycles. The molecule has 0 amide bonds. The average Bonchev–Trinajstić information content (AvgIpc) is 2.86. The third-order valence-electron chi connectivity index (χ3n) is 7.10. The van der Waals surface area contributed by atoms with Gasteiger partial charge in [0.1, 0.15) is 5.75 Å². The molecule has 0 bridgehead atoms. The maximum atomic E-state index is 13.3. The molecule has 2 aliphatic carbocycles. The zero-order chi connectivity index (χ0) is 26.4. The number of benzene rings is 2. The number of carbonyl (C=O) groups excluding carboxylic acids is 2. The first-order valence-electron chi connectivity index (χ1n) is 11.8. The fourth-order valence-electron chi connectivity index (χ4n) is 5.47. The standard InChI is InChI=1S/C26H22BrN3O7/c1-28-17-4-2-6-20(31)25(17)24(26-18(28)5-3-7-21(26)32)16-12-14(27)8-10-22(16)37-23-11-9-15(29(33)34)13-19(23)30(35)36/h8-13,24H,2-7H2,1H3. The van der Waals surface area contributed by atoms with Crippen molar-refractivity contribution in [3.8, 4) is 11.5 Å². The van der Waals surface area contributed by atoms with Crippen LogP contribution in [0.2, 0.25) is 0 Å². The summed E-state index contributed by atoms with van der Waals surface area (Å²) in [6.07, 6.45) is 3.61. The Morgan fingerprint density at radius 1 is 0.865 bits per heavy atom. The summed E-state index contributed by atoms with van der Waals surface area (Å²) < 4.78 is 6.72. The highest BCUT2D eigenvalue weighted by molar-refractivity contribution is 9.10. The maximum Gasteiger partial charge on any atom is 0.318 e. The molecule has 2 aromatic carbocycles. The Morgan fingerprint density at radius 2 is 1.46 bits per heavy atom. The number of halogens is 1. The summed E-state index contributed by atoms with van der Waals surface area (Å²) in [6, 6.07) is 8.24. The number of rotatable bonds is 5. The molecule has 1 heterocycles. The van der Waals surface area contributed by atoms with Crippen LogP contribution >= 0.6 is 15.9 Å². The molecule has 37 heavy (non-hydrogen) atoms. The summed E-state index contributed by atoms with van der Waals surface area (Å²) in [5.41, 5.74) is 2.43. The molecular weight excluding hydrogens is 546 g/mol. The number of nitrogens with zero attached hydrogens (tertiary/aromatic N) is 3. The van der Waals surface area contributed by atoms with E-state index in [0.717, 1.165) is 36.4 Å². The van der Waals surface area contributed by atoms with Crippen molar-refractivity contribution in [1.82, 2.24) is 4.90 Å². The summed E-state index contributed by atoms with van der Waals surface area (Å²) >= 11 is 3.48. The number of nitro benzene ring substituents is 2. The lowest BCUT2D eigenvalue weighted by Gasteiger charge is -2.42. The highest BCUT2D eigenvalue weighted by atomic mass is 79.9. The van der Waals surface area contributed by atoms with Gasteiger partial charge in [-0.1, -0.05) is 15.9 Å². The second-order valence-electron chi connectivity index (χ2n) is 9.22. The molecule has 190 valence electrons. The molecule has 0 fully saturated rings. The smallest absolute Gasteiger partial charge is 0.318 e. The summed E-state index contributed by atoms with van der Waals surface area (Å²) in [6.45, 7) is 0. The Labute approximate surface area is 220 Å². The summed E-state index contributed by atoms with van der Waals surface area (Å²) in [5, 5.41) is 22.9. The lowest BCUT2D eigenvalue weighted by atomic mass is 9.71. The van der Waals surface area contributed by atoms with Crippen molar-refractivity contribution in [2.24, 2.45) is 0 Å². The lowest BCUT2D eigenvalue weighted by molar-refractivity contribution is -0.394. The van der Waals surface area contributed by atoms with Gasteiger partial charge >= 0.3 is 5.69 Å². The largest absolute Gasteiger partial charge is 0.450 e. The van der Waals surface area contributed by atoms with Crippen LogP contribution in [0.5, 0.6) is 11.5 Å². The highest BCUT2D eigenvalue weighted by Gasteiger charge is 2.43. The molecule has 0 aromatic heterocycles. The van der Waals surface area contributed by atoms with Gasteiger partial charge in [0.05, 0.1) is 15.9 Å². The van der Waals surface area contributed by atoms with Crippen LogP contribution in [0.1, 0.15) is 50.0 Å². The average molecular weight is 568 g/mol. The first-order valence-corrected chi connectivity index (χ1v) is 12.6. The Kier molecular flexibility index (Phi) is 6.40. The molecule has 10 nitrogen and oxygen atoms in total. The first-order chi connectivity index (χ1) is 17.7. The van der Waals surface area contributed by atoms with Crippen LogP contribution in [-0.2, 0) is 9.59 Å². The van der Waals surface area contributed by atoms with E-state index < -0.39 is 27.1 Å². The molecule has 0 unspecified atom stereocenters. The number of ether oxygens (including phenoxy) is 1. The van der Waals surface area contributed by atoms with Gasteiger partial charge in [-0.2, -0.15) is 0 Å². The number of carbonyl (C=O) groups is 2. The highest BCUT2D eigenvalue weighted by Crippen LogP contribution is 2.51. The van der Waals surface area contributed by atoms with Gasteiger partial charge < -0.3 is 9.64 Å². The first kappa shape index (κ1) is 24.8. The van der Waals surface area contributed by atoms with Crippen molar-refractivity contribution >= 4 is 38.9 Å². The normalized spacial score (nSPS) is 18.1. The van der Waals surface area contributed by atoms with Crippen LogP contribution in [0.15, 0.2) is 63.4 Å². The molecular formula is C26H22BrN3O7. The summed E-state index contributed by atoms with van der Waals surface area (Å²) in [4.78, 5) is 50.0. The number of hydrogen-bond acceptors (Lipinski definition) is 8. The third kappa shape index (κ3) is 4.33. The number of Topliss-reactive ketones (excluding diaryl/α,β-unsaturated/α-hetero) is 2. The molecule has 0 N–H and O–H groups in total. The van der Waals surface area contributed by atoms with Crippen LogP contribution in [-0.4, -0.2) is 33.4 Å². The monoisotopic (exact) mass is 567 g/mol. The van der Waals surface area contributed by atoms with Gasteiger partial charge in [0.2, 0.25) is 5.75 Å². The van der Waals surface area contributed by atoms with E-state index in [0.29, 0.717) is 46.9 Å². The number of hydrogen-bond donors (Lipinski definition) is 0. The predicted molar refractivity (Wildman–Crippen MR) is 136 cm³/mol. The van der Waals surface area contributed by atoms with E-state index in [-0.39, 0.29) is 23.1 Å². The van der Waals surface area contributed by atoms with Crippen molar-refractivity contribution in [2.45, 2.75) is 44.4 Å². The van der Waals surface area contributed by atoms with E-state index >= 15 is 0 Å². The van der Waals surface area contributed by atoms with Crippen molar-refractivity contribution in [3.05, 3.63) is 89.2 Å². The van der Waals surface area contributed by atoms with Gasteiger partial charge in [0.25, 0.3) is 5.69 Å². The zero-order valence-corrected chi connectivity index (χ0v) is 21.4. The molecule has 11 heteroatoms. The second kappa shape index (κ2) is 9.55. The van der Waals surface area contributed by atoms with E-state index in [9.17, 15) is 29.8 Å². The van der Waals surface area contributed by atoms with Gasteiger partial charge in [-0.25, -0.2) is 0 Å². The molecule has 0 spiro atoms. The van der Waals surface area contributed by atoms with Crippen molar-refractivity contribution in [3.63, 3.8) is 0 Å². The van der Waals surface area contributed by atoms with Gasteiger partial charge in [0, 0.05) is 64.5 Å². The van der Waals surface area contributed by atoms with Crippen molar-refractivity contribution in [2.75, 3.05) is 7.05 Å². The van der Waals surface area contributed by atoms with Crippen LogP contribution in [0, 0.1) is 20.2 Å². The van der Waals surface area contributed by atoms with E-state index in [2.05, 4.69) is 15.9 Å². The Hall–Kier alpha value is -3.86. The molecule has 0 radical (unpaired) electrons. The van der Waals surface area contributed by atoms with E-state index in [1.165, 1.54) is 6.07 Å². The summed E-state index contributed by atoms with van der Waals surface area (Å²) in [5.74, 6) is -0.692. The van der Waals surface area contributed by atoms with Gasteiger partial charge in [0.15, 0.2) is 11.6 Å². The minimum absolute atomic E-state index is 0.0322. The fourth-order valence-corrected chi connectivity index (χ4v) is 5.85. The predicted octanol–water partition coefficient (Wildman–Crippen LogP) is 6.10. The molecule has 0 saturated carbocycles. The zero-order valence-electron chi connectivity index (χ0n) is 19.9. The molecule has 1 aliphatic heterocycles. The quantitative estimate of drug-likeness (QED) is 0.312. The number of nitro groups is 2. The van der Waals surface area contributed by atoms with Crippen LogP contribution < -0.4 is 4.74 Å². The SMILES string of the molecule is CN1C2=C(C(=O)CCC2)C(c2cc(Br)ccc2Oc2ccc([N+](=O)[O-])cc2[N+](=O)[O-])C2=C1CCCC2=O. The van der Waals surface area contributed by atoms with Gasteiger partial charge in [-0.3, -0.25) is 29.8 Å². The Balaban J connectivity index is 1.70. The number of allylic oxidation sites excluding steroid dienone is 4. The topological polar surface area (TPSA) is 133 Å². The van der Waals surface area contributed by atoms with Crippen molar-refractivity contribution in [1.29, 1.82) is 0 Å². The van der Waals surface area contributed by atoms with Gasteiger partial charge in [-0.05, 0) is 49.9 Å². The molecule has 3 aliphatic rings. The molecule has 5 rings (SSSR count). The van der Waals surface area contributed by atoms with Crippen molar-refractivity contribution < 1.29 is 24.2 Å². The maximum absolute atomic E-state index is 13.3. The third-order valence-corrected chi connectivity index (χ3v) is 7.59. The number of ketones is 2. The number of non-ortho nitro benzene ring substituents is 1. The van der Waals surface area contributed by atoms with Crippen LogP contribution in [0.3, 0.4) is 0 Å². The van der Waals surface area contributed by atoms with E-state index in [4.69, 9.17) is 4.74 Å². The van der Waals surface area contributed by atoms with Gasteiger partial charge in [-0.15, -0.1) is 0 Å². The fraction of sp³-hybridized carbons (Fsp3) is 0.308. The van der Waals surface area contributed by atoms with E-state index in [1.54, 1.807) is 18.2 Å². The Bertz CT molecular complexity index is 1400. The summed E-state index contributed by atoms with van der Waals surface area (Å²) in [7, 11) is 1.90. The minimum atomic E-state index is -0.743. The van der Waals surface area contributed by atoms with Crippen LogP contribution in [0.25, 0.3) is 0 Å². The molecule has 2 aromatic rings. The lowest BCUT2D eigenvalue weighted by Crippen LogP contribution is -2.37. The van der Waals surface area contributed by atoms with Crippen LogP contribution in [0.4, 0.5) is 11.4 Å².